The van der Waals surface area contributed by atoms with E-state index in [0.717, 1.165) is 18.4 Å². The minimum atomic E-state index is -1.72. The van der Waals surface area contributed by atoms with Gasteiger partial charge in [0.25, 0.3) is 0 Å². The SMILES string of the molecule is CC1(C)OC[C@@H]([C@H](O)CCC/C=C\CO[Si](C)(C)C(C)(C)C)N1C(=O)OCc1ccccc1. The first-order valence-corrected chi connectivity index (χ1v) is 14.9. The molecule has 0 aromatic heterocycles. The molecule has 33 heavy (non-hydrogen) atoms. The summed E-state index contributed by atoms with van der Waals surface area (Å²) >= 11 is 0. The smallest absolute Gasteiger partial charge is 0.412 e. The fourth-order valence-corrected chi connectivity index (χ4v) is 4.50. The number of hydrogen-bond donors (Lipinski definition) is 1. The summed E-state index contributed by atoms with van der Waals surface area (Å²) < 4.78 is 17.5. The number of ether oxygens (including phenoxy) is 2. The minimum Gasteiger partial charge on any atom is -0.444 e. The van der Waals surface area contributed by atoms with Gasteiger partial charge in [-0.15, -0.1) is 0 Å². The Balaban J connectivity index is 1.80. The average molecular weight is 478 g/mol. The second-order valence-corrected chi connectivity index (χ2v) is 15.6. The molecule has 1 aliphatic heterocycles. The lowest BCUT2D eigenvalue weighted by atomic mass is 10.0. The van der Waals surface area contributed by atoms with Crippen molar-refractivity contribution >= 4 is 14.4 Å². The molecule has 6 nitrogen and oxygen atoms in total. The zero-order valence-corrected chi connectivity index (χ0v) is 22.5. The van der Waals surface area contributed by atoms with Gasteiger partial charge in [-0.05, 0) is 56.8 Å². The van der Waals surface area contributed by atoms with Crippen LogP contribution in [0.3, 0.4) is 0 Å². The number of aliphatic hydroxyl groups is 1. The van der Waals surface area contributed by atoms with Crippen LogP contribution in [0, 0.1) is 0 Å². The van der Waals surface area contributed by atoms with Crippen LogP contribution in [0.1, 0.15) is 59.4 Å². The Morgan fingerprint density at radius 3 is 2.58 bits per heavy atom. The summed E-state index contributed by atoms with van der Waals surface area (Å²) in [6.45, 7) is 16.0. The molecule has 1 aromatic rings. The van der Waals surface area contributed by atoms with Gasteiger partial charge in [0, 0.05) is 0 Å². The third-order valence-corrected chi connectivity index (χ3v) is 11.2. The van der Waals surface area contributed by atoms with E-state index < -0.39 is 32.3 Å². The Morgan fingerprint density at radius 1 is 1.27 bits per heavy atom. The van der Waals surface area contributed by atoms with Gasteiger partial charge in [0.15, 0.2) is 8.32 Å². The van der Waals surface area contributed by atoms with Crippen molar-refractivity contribution < 1.29 is 23.8 Å². The number of unbranched alkanes of at least 4 members (excludes halogenated alkanes) is 1. The summed E-state index contributed by atoms with van der Waals surface area (Å²) in [5.41, 5.74) is 0.102. The number of amides is 1. The van der Waals surface area contributed by atoms with Crippen LogP contribution in [-0.4, -0.2) is 55.5 Å². The minimum absolute atomic E-state index is 0.191. The van der Waals surface area contributed by atoms with Crippen LogP contribution in [0.4, 0.5) is 4.79 Å². The van der Waals surface area contributed by atoms with Crippen LogP contribution < -0.4 is 0 Å². The topological polar surface area (TPSA) is 68.2 Å². The summed E-state index contributed by atoms with van der Waals surface area (Å²) in [5.74, 6) is 0. The Bertz CT molecular complexity index is 773. The zero-order chi connectivity index (χ0) is 24.7. The molecule has 2 rings (SSSR count). The molecule has 1 N–H and O–H groups in total. The predicted octanol–water partition coefficient (Wildman–Crippen LogP) is 5.87. The predicted molar refractivity (Wildman–Crippen MR) is 134 cm³/mol. The molecule has 2 atom stereocenters. The molecule has 0 radical (unpaired) electrons. The first kappa shape index (κ1) is 27.6. The molecule has 1 aromatic carbocycles. The number of allylic oxidation sites excluding steroid dienone is 1. The van der Waals surface area contributed by atoms with Gasteiger partial charge < -0.3 is 19.0 Å². The summed E-state index contributed by atoms with van der Waals surface area (Å²) in [6.07, 6.45) is 5.30. The highest BCUT2D eigenvalue weighted by molar-refractivity contribution is 6.74. The summed E-state index contributed by atoms with van der Waals surface area (Å²) in [6, 6.07) is 9.14. The quantitative estimate of drug-likeness (QED) is 0.259. The number of rotatable bonds is 10. The monoisotopic (exact) mass is 477 g/mol. The molecular formula is C26H43NO5Si. The van der Waals surface area contributed by atoms with E-state index in [9.17, 15) is 9.90 Å². The van der Waals surface area contributed by atoms with Crippen molar-refractivity contribution in [2.45, 2.75) is 96.5 Å². The highest BCUT2D eigenvalue weighted by atomic mass is 28.4. The lowest BCUT2D eigenvalue weighted by Crippen LogP contribution is -2.52. The molecule has 0 aliphatic carbocycles. The lowest BCUT2D eigenvalue weighted by Gasteiger charge is -2.35. The van der Waals surface area contributed by atoms with E-state index in [1.807, 2.05) is 44.2 Å². The molecule has 0 bridgehead atoms. The molecule has 7 heteroatoms. The van der Waals surface area contributed by atoms with E-state index >= 15 is 0 Å². The number of hydrogen-bond acceptors (Lipinski definition) is 5. The molecule has 186 valence electrons. The molecule has 1 fully saturated rings. The summed E-state index contributed by atoms with van der Waals surface area (Å²) in [4.78, 5) is 14.4. The largest absolute Gasteiger partial charge is 0.444 e. The molecule has 1 heterocycles. The van der Waals surface area contributed by atoms with E-state index in [0.29, 0.717) is 19.6 Å². The van der Waals surface area contributed by atoms with Crippen molar-refractivity contribution in [2.24, 2.45) is 0 Å². The van der Waals surface area contributed by atoms with E-state index in [1.54, 1.807) is 4.90 Å². The maximum atomic E-state index is 12.8. The standard InChI is InChI=1S/C26H43NO5Si/c1-25(2,3)33(6,7)32-18-14-9-8-13-17-23(28)22-20-31-26(4,5)27(22)24(29)30-19-21-15-11-10-12-16-21/h9-12,14-16,22-23,28H,8,13,17-20H2,1-7H3/b14-9-/t22-,23+/m0/s1. The number of aliphatic hydroxyl groups excluding tert-OH is 1. The third kappa shape index (κ3) is 7.95. The van der Waals surface area contributed by atoms with Gasteiger partial charge in [0.1, 0.15) is 12.3 Å². The van der Waals surface area contributed by atoms with Crippen molar-refractivity contribution in [2.75, 3.05) is 13.2 Å². The van der Waals surface area contributed by atoms with Gasteiger partial charge in [-0.25, -0.2) is 4.79 Å². The van der Waals surface area contributed by atoms with Crippen molar-refractivity contribution in [3.05, 3.63) is 48.0 Å². The highest BCUT2D eigenvalue weighted by Crippen LogP contribution is 2.36. The van der Waals surface area contributed by atoms with Gasteiger partial charge in [0.2, 0.25) is 0 Å². The van der Waals surface area contributed by atoms with Crippen LogP contribution in [0.15, 0.2) is 42.5 Å². The van der Waals surface area contributed by atoms with E-state index in [1.165, 1.54) is 0 Å². The number of carbonyl (C=O) groups is 1. The Labute approximate surface area is 201 Å². The van der Waals surface area contributed by atoms with Crippen LogP contribution in [-0.2, 0) is 20.5 Å². The average Bonchev–Trinajstić information content (AvgIpc) is 3.06. The zero-order valence-electron chi connectivity index (χ0n) is 21.5. The first-order valence-electron chi connectivity index (χ1n) is 12.0. The second-order valence-electron chi connectivity index (χ2n) is 10.8. The second kappa shape index (κ2) is 11.6. The van der Waals surface area contributed by atoms with E-state index in [4.69, 9.17) is 13.9 Å². The Morgan fingerprint density at radius 2 is 1.94 bits per heavy atom. The van der Waals surface area contributed by atoms with Crippen LogP contribution >= 0.6 is 0 Å². The molecule has 0 saturated carbocycles. The number of nitrogens with zero attached hydrogens (tertiary/aromatic N) is 1. The maximum absolute atomic E-state index is 12.8. The highest BCUT2D eigenvalue weighted by Gasteiger charge is 2.47. The van der Waals surface area contributed by atoms with Crippen molar-refractivity contribution in [3.8, 4) is 0 Å². The van der Waals surface area contributed by atoms with Gasteiger partial charge in [-0.2, -0.15) is 0 Å². The summed E-state index contributed by atoms with van der Waals surface area (Å²) in [7, 11) is -1.72. The Kier molecular flexibility index (Phi) is 9.73. The number of benzene rings is 1. The molecule has 0 unspecified atom stereocenters. The van der Waals surface area contributed by atoms with Crippen LogP contribution in [0.2, 0.25) is 18.1 Å². The fraction of sp³-hybridized carbons (Fsp3) is 0.654. The molecule has 1 saturated heterocycles. The molecule has 0 spiro atoms. The van der Waals surface area contributed by atoms with Gasteiger partial charge in [0.05, 0.1) is 25.4 Å². The van der Waals surface area contributed by atoms with Crippen molar-refractivity contribution in [3.63, 3.8) is 0 Å². The molecule has 1 amide bonds. The van der Waals surface area contributed by atoms with Gasteiger partial charge in [-0.3, -0.25) is 4.90 Å². The van der Waals surface area contributed by atoms with Crippen LogP contribution in [0.5, 0.6) is 0 Å². The molecule has 1 aliphatic rings. The Hall–Kier alpha value is -1.67. The van der Waals surface area contributed by atoms with Crippen molar-refractivity contribution in [1.29, 1.82) is 0 Å². The molecular weight excluding hydrogens is 434 g/mol. The maximum Gasteiger partial charge on any atom is 0.412 e. The summed E-state index contributed by atoms with van der Waals surface area (Å²) in [5, 5.41) is 11.0. The lowest BCUT2D eigenvalue weighted by molar-refractivity contribution is -0.0545. The fourth-order valence-electron chi connectivity index (χ4n) is 3.56. The normalized spacial score (nSPS) is 19.8. The van der Waals surface area contributed by atoms with Gasteiger partial charge >= 0.3 is 6.09 Å². The van der Waals surface area contributed by atoms with Crippen LogP contribution in [0.25, 0.3) is 0 Å². The van der Waals surface area contributed by atoms with Gasteiger partial charge in [-0.1, -0.05) is 63.3 Å². The number of carbonyl (C=O) groups excluding carboxylic acids is 1. The first-order chi connectivity index (χ1) is 15.3. The van der Waals surface area contributed by atoms with E-state index in [2.05, 4.69) is 46.0 Å². The van der Waals surface area contributed by atoms with Crippen molar-refractivity contribution in [1.82, 2.24) is 4.90 Å². The van der Waals surface area contributed by atoms with E-state index in [-0.39, 0.29) is 11.6 Å². The third-order valence-electron chi connectivity index (χ3n) is 6.75.